The standard InChI is InChI=1S/C21H23NO4S/c1-4-22(18-9-6-5-7-10-18)16-8-11-20(21(23)26-3)27(24,25)19-14-12-17(2)13-15-19/h5-16H,4H2,1-3H3/b16-8+,20-11+. The monoisotopic (exact) mass is 385 g/mol. The summed E-state index contributed by atoms with van der Waals surface area (Å²) in [4.78, 5) is 13.7. The van der Waals surface area contributed by atoms with Crippen molar-refractivity contribution in [2.75, 3.05) is 18.6 Å². The zero-order valence-corrected chi connectivity index (χ0v) is 16.4. The van der Waals surface area contributed by atoms with Crippen molar-refractivity contribution < 1.29 is 17.9 Å². The van der Waals surface area contributed by atoms with Crippen molar-refractivity contribution in [3.63, 3.8) is 0 Å². The molecule has 0 amide bonds. The summed E-state index contributed by atoms with van der Waals surface area (Å²) in [5, 5.41) is 0. The first kappa shape index (κ1) is 20.5. The van der Waals surface area contributed by atoms with Gasteiger partial charge in [0.05, 0.1) is 12.0 Å². The minimum atomic E-state index is -3.98. The van der Waals surface area contributed by atoms with Crippen molar-refractivity contribution >= 4 is 21.5 Å². The zero-order chi connectivity index (χ0) is 19.9. The number of hydrogen-bond donors (Lipinski definition) is 0. The van der Waals surface area contributed by atoms with Gasteiger partial charge in [-0.1, -0.05) is 35.9 Å². The molecule has 0 aliphatic rings. The molecule has 0 saturated heterocycles. The Labute approximate surface area is 160 Å². The number of ether oxygens (including phenoxy) is 1. The second-order valence-electron chi connectivity index (χ2n) is 5.80. The van der Waals surface area contributed by atoms with Crippen molar-refractivity contribution in [2.24, 2.45) is 0 Å². The van der Waals surface area contributed by atoms with Gasteiger partial charge in [-0.15, -0.1) is 0 Å². The van der Waals surface area contributed by atoms with Crippen LogP contribution < -0.4 is 4.90 Å². The normalized spacial score (nSPS) is 12.2. The predicted molar refractivity (Wildman–Crippen MR) is 107 cm³/mol. The number of para-hydroxylation sites is 1. The van der Waals surface area contributed by atoms with Crippen LogP contribution in [0.3, 0.4) is 0 Å². The summed E-state index contributed by atoms with van der Waals surface area (Å²) in [7, 11) is -2.82. The number of anilines is 1. The van der Waals surface area contributed by atoms with E-state index in [0.717, 1.165) is 18.4 Å². The third-order valence-corrected chi connectivity index (χ3v) is 5.72. The summed E-state index contributed by atoms with van der Waals surface area (Å²) in [5.41, 5.74) is 1.89. The van der Waals surface area contributed by atoms with Gasteiger partial charge < -0.3 is 9.64 Å². The molecule has 0 fully saturated rings. The molecule has 2 rings (SSSR count). The number of esters is 1. The number of carbonyl (C=O) groups excluding carboxylic acids is 1. The van der Waals surface area contributed by atoms with Gasteiger partial charge in [0.15, 0.2) is 4.91 Å². The van der Waals surface area contributed by atoms with E-state index >= 15 is 0 Å². The van der Waals surface area contributed by atoms with E-state index in [1.807, 2.05) is 49.1 Å². The van der Waals surface area contributed by atoms with Crippen LogP contribution in [0.25, 0.3) is 0 Å². The van der Waals surface area contributed by atoms with Crippen LogP contribution in [0.5, 0.6) is 0 Å². The number of allylic oxidation sites excluding steroid dienone is 2. The molecular formula is C21H23NO4S. The molecule has 0 saturated carbocycles. The van der Waals surface area contributed by atoms with E-state index in [2.05, 4.69) is 4.74 Å². The molecule has 5 nitrogen and oxygen atoms in total. The fourth-order valence-corrected chi connectivity index (χ4v) is 3.75. The topological polar surface area (TPSA) is 63.7 Å². The fourth-order valence-electron chi connectivity index (χ4n) is 2.44. The van der Waals surface area contributed by atoms with Crippen molar-refractivity contribution in [1.82, 2.24) is 0 Å². The van der Waals surface area contributed by atoms with E-state index in [1.165, 1.54) is 24.3 Å². The first-order valence-corrected chi connectivity index (χ1v) is 9.98. The highest BCUT2D eigenvalue weighted by Gasteiger charge is 2.27. The Morgan fingerprint density at radius 2 is 1.70 bits per heavy atom. The summed E-state index contributed by atoms with van der Waals surface area (Å²) in [6, 6.07) is 16.0. The molecule has 27 heavy (non-hydrogen) atoms. The van der Waals surface area contributed by atoms with Crippen LogP contribution in [0.15, 0.2) is 82.7 Å². The molecule has 0 atom stereocenters. The molecule has 0 spiro atoms. The average molecular weight is 385 g/mol. The molecule has 2 aromatic carbocycles. The van der Waals surface area contributed by atoms with Crippen molar-refractivity contribution in [1.29, 1.82) is 0 Å². The maximum atomic E-state index is 12.8. The number of methoxy groups -OCH3 is 1. The van der Waals surface area contributed by atoms with Crippen LogP contribution in [0.2, 0.25) is 0 Å². The molecule has 142 valence electrons. The van der Waals surface area contributed by atoms with E-state index < -0.39 is 20.7 Å². The fraction of sp³-hybridized carbons (Fsp3) is 0.190. The van der Waals surface area contributed by atoms with Gasteiger partial charge in [0, 0.05) is 18.4 Å². The van der Waals surface area contributed by atoms with E-state index in [9.17, 15) is 13.2 Å². The first-order valence-electron chi connectivity index (χ1n) is 8.50. The second-order valence-corrected chi connectivity index (χ2v) is 7.72. The number of hydrogen-bond acceptors (Lipinski definition) is 5. The third kappa shape index (κ3) is 5.08. The summed E-state index contributed by atoms with van der Waals surface area (Å²) in [6.07, 6.45) is 4.53. The highest BCUT2D eigenvalue weighted by atomic mass is 32.2. The summed E-state index contributed by atoms with van der Waals surface area (Å²) in [6.45, 7) is 4.52. The minimum absolute atomic E-state index is 0.0496. The smallest absolute Gasteiger partial charge is 0.349 e. The number of aryl methyl sites for hydroxylation is 1. The summed E-state index contributed by atoms with van der Waals surface area (Å²) >= 11 is 0. The van der Waals surface area contributed by atoms with E-state index in [4.69, 9.17) is 0 Å². The molecule has 0 aliphatic heterocycles. The van der Waals surface area contributed by atoms with Crippen LogP contribution in [0.4, 0.5) is 5.69 Å². The molecule has 6 heteroatoms. The Morgan fingerprint density at radius 1 is 1.07 bits per heavy atom. The second kappa shape index (κ2) is 9.19. The summed E-state index contributed by atoms with van der Waals surface area (Å²) in [5.74, 6) is -0.900. The Bertz CT molecular complexity index is 930. The van der Waals surface area contributed by atoms with Gasteiger partial charge in [-0.05, 0) is 50.3 Å². The number of carbonyl (C=O) groups is 1. The number of rotatable bonds is 7. The summed E-state index contributed by atoms with van der Waals surface area (Å²) < 4.78 is 30.4. The third-order valence-electron chi connectivity index (χ3n) is 3.95. The quantitative estimate of drug-likeness (QED) is 0.411. The lowest BCUT2D eigenvalue weighted by atomic mass is 10.2. The van der Waals surface area contributed by atoms with Gasteiger partial charge in [0.25, 0.3) is 0 Å². The largest absolute Gasteiger partial charge is 0.465 e. The van der Waals surface area contributed by atoms with Crippen LogP contribution >= 0.6 is 0 Å². The van der Waals surface area contributed by atoms with Gasteiger partial charge in [-0.3, -0.25) is 0 Å². The van der Waals surface area contributed by atoms with E-state index in [-0.39, 0.29) is 4.90 Å². The van der Waals surface area contributed by atoms with E-state index in [0.29, 0.717) is 6.54 Å². The maximum absolute atomic E-state index is 12.8. The lowest BCUT2D eigenvalue weighted by Gasteiger charge is -2.17. The Balaban J connectivity index is 2.38. The molecule has 0 radical (unpaired) electrons. The number of sulfone groups is 1. The Kier molecular flexibility index (Phi) is 6.96. The van der Waals surface area contributed by atoms with Crippen molar-refractivity contribution in [2.45, 2.75) is 18.7 Å². The molecule has 0 unspecified atom stereocenters. The number of benzene rings is 2. The molecule has 0 aliphatic carbocycles. The molecule has 2 aromatic rings. The molecule has 0 N–H and O–H groups in total. The highest BCUT2D eigenvalue weighted by Crippen LogP contribution is 2.21. The number of nitrogens with zero attached hydrogens (tertiary/aromatic N) is 1. The lowest BCUT2D eigenvalue weighted by molar-refractivity contribution is -0.135. The van der Waals surface area contributed by atoms with Crippen molar-refractivity contribution in [3.8, 4) is 0 Å². The van der Waals surface area contributed by atoms with Crippen LogP contribution in [-0.4, -0.2) is 28.0 Å². The average Bonchev–Trinajstić information content (AvgIpc) is 2.68. The van der Waals surface area contributed by atoms with Gasteiger partial charge in [0.1, 0.15) is 0 Å². The molecule has 0 heterocycles. The van der Waals surface area contributed by atoms with Gasteiger partial charge in [-0.25, -0.2) is 13.2 Å². The Morgan fingerprint density at radius 3 is 2.26 bits per heavy atom. The molecule has 0 aromatic heterocycles. The van der Waals surface area contributed by atoms with Gasteiger partial charge in [-0.2, -0.15) is 0 Å². The zero-order valence-electron chi connectivity index (χ0n) is 15.6. The Hall–Kier alpha value is -2.86. The SMILES string of the molecule is CCN(/C=C/C=C(\C(=O)OC)S(=O)(=O)c1ccc(C)cc1)c1ccccc1. The van der Waals surface area contributed by atoms with Gasteiger partial charge >= 0.3 is 5.97 Å². The van der Waals surface area contributed by atoms with Crippen molar-refractivity contribution in [3.05, 3.63) is 83.4 Å². The van der Waals surface area contributed by atoms with Crippen LogP contribution in [-0.2, 0) is 19.4 Å². The highest BCUT2D eigenvalue weighted by molar-refractivity contribution is 7.96. The van der Waals surface area contributed by atoms with Crippen LogP contribution in [0.1, 0.15) is 12.5 Å². The van der Waals surface area contributed by atoms with Gasteiger partial charge in [0.2, 0.25) is 9.84 Å². The lowest BCUT2D eigenvalue weighted by Crippen LogP contribution is -2.16. The van der Waals surface area contributed by atoms with E-state index in [1.54, 1.807) is 18.3 Å². The maximum Gasteiger partial charge on any atom is 0.349 e. The molecule has 0 bridgehead atoms. The molecular weight excluding hydrogens is 362 g/mol. The van der Waals surface area contributed by atoms with Crippen LogP contribution in [0, 0.1) is 6.92 Å². The predicted octanol–water partition coefficient (Wildman–Crippen LogP) is 3.87. The minimum Gasteiger partial charge on any atom is -0.465 e. The first-order chi connectivity index (χ1) is 12.9.